The number of nitrogens with zero attached hydrogens (tertiary/aromatic N) is 2. The number of carbonyl (C=O) groups excluding carboxylic acids is 1. The van der Waals surface area contributed by atoms with Gasteiger partial charge in [-0.1, -0.05) is 53.3 Å². The zero-order chi connectivity index (χ0) is 30.0. The lowest BCUT2D eigenvalue weighted by Gasteiger charge is -2.25. The largest absolute Gasteiger partial charge is 0.497 e. The highest BCUT2D eigenvalue weighted by Gasteiger charge is 2.33. The van der Waals surface area contributed by atoms with Gasteiger partial charge in [0.2, 0.25) is 0 Å². The van der Waals surface area contributed by atoms with Crippen LogP contribution in [0.1, 0.15) is 36.6 Å². The number of carbonyl (C=O) groups is 1. The van der Waals surface area contributed by atoms with Gasteiger partial charge in [-0.15, -0.1) is 0 Å². The first kappa shape index (κ1) is 30.8. The standard InChI is InChI=1S/C31H25ClI2N2O5S/c1-4-40-30(38)26-17(2)35-31-36(27(26)19-9-7-10-21(15-19)39-3)29(37)25(42-31)14-18-12-23(33)28(24(34)13-18)41-16-20-8-5-6-11-22(20)32/h5-15,27H,4,16H2,1-3H3/b25-14-/t27-/m1/s1. The summed E-state index contributed by atoms with van der Waals surface area (Å²) in [6.45, 7) is 4.07. The van der Waals surface area contributed by atoms with E-state index in [1.165, 1.54) is 11.3 Å². The maximum absolute atomic E-state index is 14.0. The molecule has 3 aromatic carbocycles. The molecular formula is C31H25ClI2N2O5S. The lowest BCUT2D eigenvalue weighted by molar-refractivity contribution is -0.139. The Balaban J connectivity index is 1.57. The van der Waals surface area contributed by atoms with Crippen LogP contribution in [-0.4, -0.2) is 24.3 Å². The summed E-state index contributed by atoms with van der Waals surface area (Å²) in [5, 5.41) is 0.656. The molecule has 0 saturated heterocycles. The summed E-state index contributed by atoms with van der Waals surface area (Å²) in [5.74, 6) is 0.869. The predicted molar refractivity (Wildman–Crippen MR) is 181 cm³/mol. The first-order valence-corrected chi connectivity index (χ1v) is 16.3. The van der Waals surface area contributed by atoms with Gasteiger partial charge >= 0.3 is 5.97 Å². The Hall–Kier alpha value is -2.68. The van der Waals surface area contributed by atoms with E-state index in [2.05, 4.69) is 50.2 Å². The van der Waals surface area contributed by atoms with Crippen molar-refractivity contribution >= 4 is 80.2 Å². The van der Waals surface area contributed by atoms with Crippen LogP contribution in [0, 0.1) is 7.14 Å². The Bertz CT molecular complexity index is 1880. The van der Waals surface area contributed by atoms with Crippen molar-refractivity contribution in [3.05, 3.63) is 120 Å². The van der Waals surface area contributed by atoms with E-state index < -0.39 is 12.0 Å². The second-order valence-corrected chi connectivity index (χ2v) is 13.0. The lowest BCUT2D eigenvalue weighted by atomic mass is 9.95. The molecule has 216 valence electrons. The van der Waals surface area contributed by atoms with Crippen molar-refractivity contribution < 1.29 is 19.0 Å². The summed E-state index contributed by atoms with van der Waals surface area (Å²) in [7, 11) is 1.58. The molecule has 0 N–H and O–H groups in total. The molecule has 0 radical (unpaired) electrons. The van der Waals surface area contributed by atoms with Crippen molar-refractivity contribution in [1.82, 2.24) is 4.57 Å². The fourth-order valence-corrected chi connectivity index (χ4v) is 8.00. The summed E-state index contributed by atoms with van der Waals surface area (Å²) >= 11 is 12.1. The van der Waals surface area contributed by atoms with Crippen molar-refractivity contribution in [3.63, 3.8) is 0 Å². The van der Waals surface area contributed by atoms with Crippen LogP contribution in [0.15, 0.2) is 81.7 Å². The Labute approximate surface area is 278 Å². The third-order valence-electron chi connectivity index (χ3n) is 6.57. The predicted octanol–water partition coefficient (Wildman–Crippen LogP) is 6.25. The molecule has 0 amide bonds. The van der Waals surface area contributed by atoms with Gasteiger partial charge in [-0.25, -0.2) is 9.79 Å². The number of rotatable bonds is 8. The van der Waals surface area contributed by atoms with Gasteiger partial charge in [0.25, 0.3) is 5.56 Å². The van der Waals surface area contributed by atoms with Gasteiger partial charge in [-0.05, 0) is 107 Å². The van der Waals surface area contributed by atoms with Crippen LogP contribution in [0.4, 0.5) is 0 Å². The average molecular weight is 827 g/mol. The fourth-order valence-electron chi connectivity index (χ4n) is 4.64. The quantitative estimate of drug-likeness (QED) is 0.155. The first-order valence-electron chi connectivity index (χ1n) is 12.9. The molecule has 7 nitrogen and oxygen atoms in total. The molecule has 0 saturated carbocycles. The Morgan fingerprint density at radius 3 is 2.55 bits per heavy atom. The number of allylic oxidation sites excluding steroid dienone is 1. The molecule has 5 rings (SSSR count). The van der Waals surface area contributed by atoms with E-state index in [0.717, 1.165) is 29.6 Å². The molecule has 1 aromatic heterocycles. The van der Waals surface area contributed by atoms with Gasteiger partial charge in [-0.3, -0.25) is 9.36 Å². The van der Waals surface area contributed by atoms with E-state index >= 15 is 0 Å². The van der Waals surface area contributed by atoms with Crippen molar-refractivity contribution in [1.29, 1.82) is 0 Å². The van der Waals surface area contributed by atoms with Crippen LogP contribution in [0.3, 0.4) is 0 Å². The van der Waals surface area contributed by atoms with Crippen LogP contribution >= 0.6 is 68.1 Å². The molecule has 1 aliphatic heterocycles. The molecule has 4 aromatic rings. The molecular weight excluding hydrogens is 802 g/mol. The number of methoxy groups -OCH3 is 1. The second kappa shape index (κ2) is 13.3. The van der Waals surface area contributed by atoms with E-state index in [4.69, 9.17) is 25.8 Å². The fraction of sp³-hybridized carbons (Fsp3) is 0.194. The van der Waals surface area contributed by atoms with Gasteiger partial charge in [0, 0.05) is 10.6 Å². The Morgan fingerprint density at radius 2 is 1.86 bits per heavy atom. The van der Waals surface area contributed by atoms with Crippen molar-refractivity contribution in [2.24, 2.45) is 4.99 Å². The van der Waals surface area contributed by atoms with Crippen molar-refractivity contribution in [2.45, 2.75) is 26.5 Å². The minimum atomic E-state index is -0.710. The van der Waals surface area contributed by atoms with Gasteiger partial charge in [0.05, 0.1) is 42.7 Å². The molecule has 42 heavy (non-hydrogen) atoms. The Kier molecular flexibility index (Phi) is 9.75. The number of thiazole rings is 1. The van der Waals surface area contributed by atoms with Crippen LogP contribution in [0.2, 0.25) is 5.02 Å². The number of ether oxygens (including phenoxy) is 3. The van der Waals surface area contributed by atoms with Crippen LogP contribution in [0.25, 0.3) is 6.08 Å². The van der Waals surface area contributed by atoms with E-state index in [0.29, 0.717) is 38.0 Å². The maximum Gasteiger partial charge on any atom is 0.338 e. The Morgan fingerprint density at radius 1 is 1.12 bits per heavy atom. The molecule has 0 aliphatic carbocycles. The molecule has 2 heterocycles. The van der Waals surface area contributed by atoms with E-state index in [1.54, 1.807) is 25.5 Å². The number of halogens is 3. The number of esters is 1. The molecule has 1 aliphatic rings. The normalized spacial score (nSPS) is 14.8. The minimum Gasteiger partial charge on any atom is -0.497 e. The molecule has 0 fully saturated rings. The van der Waals surface area contributed by atoms with Crippen LogP contribution in [0.5, 0.6) is 11.5 Å². The zero-order valence-electron chi connectivity index (χ0n) is 22.8. The lowest BCUT2D eigenvalue weighted by Crippen LogP contribution is -2.39. The minimum absolute atomic E-state index is 0.209. The zero-order valence-corrected chi connectivity index (χ0v) is 28.7. The summed E-state index contributed by atoms with van der Waals surface area (Å²) in [4.78, 5) is 32.2. The number of benzene rings is 3. The van der Waals surface area contributed by atoms with E-state index in [1.807, 2.05) is 66.7 Å². The summed E-state index contributed by atoms with van der Waals surface area (Å²) in [5.41, 5.74) is 3.07. The third kappa shape index (κ3) is 6.31. The van der Waals surface area contributed by atoms with Crippen LogP contribution in [-0.2, 0) is 16.1 Å². The topological polar surface area (TPSA) is 79.1 Å². The van der Waals surface area contributed by atoms with Crippen molar-refractivity contribution in [3.8, 4) is 11.5 Å². The SMILES string of the molecule is CCOC(=O)C1=C(C)N=c2s/c(=C\c3cc(I)c(OCc4ccccc4Cl)c(I)c3)c(=O)n2[C@@H]1c1cccc(OC)c1. The number of hydrogen-bond acceptors (Lipinski definition) is 7. The maximum atomic E-state index is 14.0. The summed E-state index contributed by atoms with van der Waals surface area (Å²) in [6, 6.07) is 18.2. The van der Waals surface area contributed by atoms with E-state index in [9.17, 15) is 9.59 Å². The third-order valence-corrected chi connectivity index (χ3v) is 9.53. The smallest absolute Gasteiger partial charge is 0.338 e. The molecule has 0 unspecified atom stereocenters. The molecule has 0 spiro atoms. The molecule has 1 atom stereocenters. The van der Waals surface area contributed by atoms with Crippen LogP contribution < -0.4 is 24.4 Å². The molecule has 0 bridgehead atoms. The van der Waals surface area contributed by atoms with Gasteiger partial charge in [0.15, 0.2) is 4.80 Å². The van der Waals surface area contributed by atoms with Gasteiger partial charge < -0.3 is 14.2 Å². The number of fused-ring (bicyclic) bond motifs is 1. The highest BCUT2D eigenvalue weighted by Crippen LogP contribution is 2.33. The van der Waals surface area contributed by atoms with Crippen molar-refractivity contribution in [2.75, 3.05) is 13.7 Å². The summed E-state index contributed by atoms with van der Waals surface area (Å²) in [6.07, 6.45) is 1.85. The average Bonchev–Trinajstić information content (AvgIpc) is 3.26. The highest BCUT2D eigenvalue weighted by molar-refractivity contribution is 14.1. The molecule has 11 heteroatoms. The highest BCUT2D eigenvalue weighted by atomic mass is 127. The number of hydrogen-bond donors (Lipinski definition) is 0. The van der Waals surface area contributed by atoms with E-state index in [-0.39, 0.29) is 12.2 Å². The monoisotopic (exact) mass is 826 g/mol. The second-order valence-electron chi connectivity index (χ2n) is 9.27. The number of aromatic nitrogens is 1. The van der Waals surface area contributed by atoms with Gasteiger partial charge in [0.1, 0.15) is 18.1 Å². The first-order chi connectivity index (χ1) is 20.2. The van der Waals surface area contributed by atoms with Gasteiger partial charge in [-0.2, -0.15) is 0 Å². The summed E-state index contributed by atoms with van der Waals surface area (Å²) < 4.78 is 20.8.